The van der Waals surface area contributed by atoms with E-state index in [1.165, 1.54) is 6.92 Å². The van der Waals surface area contributed by atoms with Gasteiger partial charge in [0, 0.05) is 0 Å². The lowest BCUT2D eigenvalue weighted by molar-refractivity contribution is -0.153. The molecular formula is C25H39N3O6. The van der Waals surface area contributed by atoms with Gasteiger partial charge in [-0.3, -0.25) is 19.2 Å². The fourth-order valence-corrected chi connectivity index (χ4v) is 3.28. The van der Waals surface area contributed by atoms with E-state index in [0.29, 0.717) is 12.0 Å². The first kappa shape index (κ1) is 29.1. The van der Waals surface area contributed by atoms with Crippen LogP contribution in [0.15, 0.2) is 30.3 Å². The molecule has 2 amide bonds. The number of benzene rings is 1. The van der Waals surface area contributed by atoms with E-state index >= 15 is 0 Å². The maximum atomic E-state index is 12.9. The summed E-state index contributed by atoms with van der Waals surface area (Å²) in [6, 6.07) is 5.54. The molecule has 1 rings (SSSR count). The first-order chi connectivity index (χ1) is 16.1. The van der Waals surface area contributed by atoms with Crippen LogP contribution in [0.4, 0.5) is 0 Å². The van der Waals surface area contributed by atoms with Crippen molar-refractivity contribution in [3.63, 3.8) is 0 Å². The Morgan fingerprint density at radius 1 is 1.03 bits per heavy atom. The number of carbonyl (C=O) groups is 4. The third-order valence-corrected chi connectivity index (χ3v) is 5.78. The number of amides is 2. The largest absolute Gasteiger partial charge is 0.480 e. The fourth-order valence-electron chi connectivity index (χ4n) is 3.28. The van der Waals surface area contributed by atoms with Crippen LogP contribution in [0.1, 0.15) is 77.8 Å². The van der Waals surface area contributed by atoms with Crippen molar-refractivity contribution >= 4 is 23.8 Å². The molecule has 0 fully saturated rings. The van der Waals surface area contributed by atoms with Gasteiger partial charge in [-0.15, -0.1) is 0 Å². The average molecular weight is 478 g/mol. The average Bonchev–Trinajstić information content (AvgIpc) is 2.81. The van der Waals surface area contributed by atoms with E-state index in [0.717, 1.165) is 25.7 Å². The van der Waals surface area contributed by atoms with E-state index in [1.54, 1.807) is 30.3 Å². The molecule has 0 aliphatic heterocycles. The van der Waals surface area contributed by atoms with Gasteiger partial charge in [0.1, 0.15) is 24.2 Å². The lowest BCUT2D eigenvalue weighted by Gasteiger charge is -2.24. The molecule has 0 aromatic heterocycles. The van der Waals surface area contributed by atoms with Crippen molar-refractivity contribution in [1.29, 1.82) is 0 Å². The van der Waals surface area contributed by atoms with Gasteiger partial charge in [-0.2, -0.15) is 0 Å². The van der Waals surface area contributed by atoms with Gasteiger partial charge >= 0.3 is 11.9 Å². The number of ether oxygens (including phenoxy) is 1. The second-order valence-electron chi connectivity index (χ2n) is 8.65. The first-order valence-electron chi connectivity index (χ1n) is 11.9. The molecule has 9 nitrogen and oxygen atoms in total. The van der Waals surface area contributed by atoms with E-state index in [1.807, 2.05) is 20.8 Å². The monoisotopic (exact) mass is 477 g/mol. The summed E-state index contributed by atoms with van der Waals surface area (Å²) < 4.78 is 5.59. The van der Waals surface area contributed by atoms with Gasteiger partial charge in [0.2, 0.25) is 11.8 Å². The van der Waals surface area contributed by atoms with Gasteiger partial charge in [0.05, 0.1) is 6.42 Å². The van der Waals surface area contributed by atoms with Gasteiger partial charge in [-0.05, 0) is 31.2 Å². The number of unbranched alkanes of at least 4 members (excludes halogenated alkanes) is 2. The van der Waals surface area contributed by atoms with E-state index in [9.17, 15) is 19.2 Å². The maximum absolute atomic E-state index is 12.9. The van der Waals surface area contributed by atoms with Gasteiger partial charge in [0.15, 0.2) is 0 Å². The number of esters is 1. The number of nitrogens with two attached hydrogens (primary N) is 1. The van der Waals surface area contributed by atoms with Crippen molar-refractivity contribution in [3.05, 3.63) is 35.9 Å². The Bertz CT molecular complexity index is 801. The van der Waals surface area contributed by atoms with Crippen LogP contribution in [0, 0.1) is 5.92 Å². The number of carboxylic acid groups (broad SMARTS) is 1. The van der Waals surface area contributed by atoms with Gasteiger partial charge < -0.3 is 26.2 Å². The van der Waals surface area contributed by atoms with Crippen molar-refractivity contribution in [2.45, 2.75) is 90.4 Å². The lowest BCUT2D eigenvalue weighted by atomic mass is 10.00. The summed E-state index contributed by atoms with van der Waals surface area (Å²) in [5, 5.41) is 14.2. The van der Waals surface area contributed by atoms with Crippen LogP contribution in [-0.4, -0.2) is 47.0 Å². The molecular weight excluding hydrogens is 438 g/mol. The number of rotatable bonds is 15. The van der Waals surface area contributed by atoms with Crippen LogP contribution >= 0.6 is 0 Å². The number of hydrogen-bond acceptors (Lipinski definition) is 6. The number of carbonyl (C=O) groups excluding carboxylic acids is 3. The minimum atomic E-state index is -1.19. The van der Waals surface area contributed by atoms with Crippen LogP contribution in [0.2, 0.25) is 0 Å². The second kappa shape index (κ2) is 15.1. The summed E-state index contributed by atoms with van der Waals surface area (Å²) in [7, 11) is 0. The predicted molar refractivity (Wildman–Crippen MR) is 129 cm³/mol. The predicted octanol–water partition coefficient (Wildman–Crippen LogP) is 2.69. The summed E-state index contributed by atoms with van der Waals surface area (Å²) in [4.78, 5) is 49.3. The summed E-state index contributed by atoms with van der Waals surface area (Å²) >= 11 is 0. The molecule has 5 N–H and O–H groups in total. The van der Waals surface area contributed by atoms with E-state index < -0.39 is 48.0 Å². The molecule has 0 radical (unpaired) electrons. The highest BCUT2D eigenvalue weighted by atomic mass is 16.5. The minimum absolute atomic E-state index is 0.0556. The van der Waals surface area contributed by atoms with Gasteiger partial charge in [0.25, 0.3) is 0 Å². The molecule has 0 heterocycles. The Balaban J connectivity index is 2.96. The van der Waals surface area contributed by atoms with E-state index in [2.05, 4.69) is 10.6 Å². The standard InChI is InChI=1S/C25H39N3O6/c1-5-7-9-14-19(34-25(33)21(26)16(3)6-2)15-20(29)28-22(18-12-10-8-11-13-18)23(30)27-17(4)24(31)32/h8,10-13,16-17,19,21-22H,5-7,9,14-15,26H2,1-4H3,(H,27,30)(H,28,29)(H,31,32)/t16-,17-,19+,21+,22-/m0/s1. The molecule has 1 aromatic carbocycles. The van der Waals surface area contributed by atoms with E-state index in [4.69, 9.17) is 15.6 Å². The van der Waals surface area contributed by atoms with Crippen LogP contribution in [0.25, 0.3) is 0 Å². The van der Waals surface area contributed by atoms with Gasteiger partial charge in [-0.25, -0.2) is 0 Å². The van der Waals surface area contributed by atoms with Gasteiger partial charge in [-0.1, -0.05) is 70.4 Å². The molecule has 0 bridgehead atoms. The zero-order chi connectivity index (χ0) is 25.7. The van der Waals surface area contributed by atoms with Crippen molar-refractivity contribution in [1.82, 2.24) is 10.6 Å². The second-order valence-corrected chi connectivity index (χ2v) is 8.65. The Hall–Kier alpha value is -2.94. The minimum Gasteiger partial charge on any atom is -0.480 e. The fraction of sp³-hybridized carbons (Fsp3) is 0.600. The third-order valence-electron chi connectivity index (χ3n) is 5.78. The molecule has 0 unspecified atom stereocenters. The van der Waals surface area contributed by atoms with Crippen molar-refractivity contribution in [2.24, 2.45) is 11.7 Å². The molecule has 0 saturated heterocycles. The van der Waals surface area contributed by atoms with Crippen molar-refractivity contribution in [3.8, 4) is 0 Å². The highest BCUT2D eigenvalue weighted by molar-refractivity contribution is 5.91. The molecule has 1 aromatic rings. The van der Waals surface area contributed by atoms with Crippen LogP contribution in [0.5, 0.6) is 0 Å². The Morgan fingerprint density at radius 3 is 2.24 bits per heavy atom. The molecule has 0 aliphatic rings. The highest BCUT2D eigenvalue weighted by Crippen LogP contribution is 2.17. The molecule has 34 heavy (non-hydrogen) atoms. The number of carboxylic acids is 1. The van der Waals surface area contributed by atoms with E-state index in [-0.39, 0.29) is 12.3 Å². The Labute approximate surface area is 201 Å². The van der Waals surface area contributed by atoms with Crippen LogP contribution in [-0.2, 0) is 23.9 Å². The topological polar surface area (TPSA) is 148 Å². The van der Waals surface area contributed by atoms with Crippen LogP contribution in [0.3, 0.4) is 0 Å². The number of nitrogens with one attached hydrogen (secondary N) is 2. The van der Waals surface area contributed by atoms with Crippen molar-refractivity contribution < 1.29 is 29.0 Å². The quantitative estimate of drug-likeness (QED) is 0.224. The first-order valence-corrected chi connectivity index (χ1v) is 11.9. The van der Waals surface area contributed by atoms with Crippen molar-refractivity contribution in [2.75, 3.05) is 0 Å². The zero-order valence-corrected chi connectivity index (χ0v) is 20.6. The molecule has 0 aliphatic carbocycles. The summed E-state index contributed by atoms with van der Waals surface area (Å²) in [5.41, 5.74) is 6.50. The highest BCUT2D eigenvalue weighted by Gasteiger charge is 2.29. The normalized spacial score (nSPS) is 15.3. The maximum Gasteiger partial charge on any atom is 0.325 e. The zero-order valence-electron chi connectivity index (χ0n) is 20.6. The van der Waals surface area contributed by atoms with Crippen LogP contribution < -0.4 is 16.4 Å². The third kappa shape index (κ3) is 9.91. The molecule has 9 heteroatoms. The smallest absolute Gasteiger partial charge is 0.325 e. The molecule has 5 atom stereocenters. The summed E-state index contributed by atoms with van der Waals surface area (Å²) in [5.74, 6) is -2.92. The SMILES string of the molecule is CCCCC[C@H](CC(=O)N[C@H](C(=O)N[C@@H](C)C(=O)O)c1ccccc1)OC(=O)[C@H](N)[C@@H](C)CC. The lowest BCUT2D eigenvalue weighted by Crippen LogP contribution is -2.46. The molecule has 0 spiro atoms. The molecule has 0 saturated carbocycles. The Kier molecular flexibility index (Phi) is 12.9. The summed E-state index contributed by atoms with van der Waals surface area (Å²) in [6.45, 7) is 7.19. The molecule has 190 valence electrons. The number of hydrogen-bond donors (Lipinski definition) is 4. The Morgan fingerprint density at radius 2 is 1.68 bits per heavy atom. The number of aliphatic carboxylic acids is 1. The summed E-state index contributed by atoms with van der Waals surface area (Å²) in [6.07, 6.45) is 3.09.